The van der Waals surface area contributed by atoms with E-state index in [1.807, 2.05) is 32.0 Å². The minimum Gasteiger partial charge on any atom is -0.398 e. The molecule has 0 bridgehead atoms. The molecule has 3 N–H and O–H groups in total. The molecule has 0 spiro atoms. The van der Waals surface area contributed by atoms with E-state index in [1.165, 1.54) is 5.56 Å². The second-order valence-electron chi connectivity index (χ2n) is 4.08. The van der Waals surface area contributed by atoms with Gasteiger partial charge in [0.2, 0.25) is 0 Å². The van der Waals surface area contributed by atoms with Crippen LogP contribution in [0.15, 0.2) is 48.6 Å². The normalized spacial score (nSPS) is 17.8. The first kappa shape index (κ1) is 14.5. The van der Waals surface area contributed by atoms with Crippen LogP contribution in [-0.4, -0.2) is 6.04 Å². The molecule has 1 atom stereocenters. The monoisotopic (exact) mass is 244 g/mol. The van der Waals surface area contributed by atoms with Crippen molar-refractivity contribution >= 4 is 5.69 Å². The van der Waals surface area contributed by atoms with E-state index >= 15 is 0 Å². The topological polar surface area (TPSA) is 38.0 Å². The van der Waals surface area contributed by atoms with Crippen LogP contribution in [0.4, 0.5) is 5.69 Å². The zero-order chi connectivity index (χ0) is 13.2. The quantitative estimate of drug-likeness (QED) is 0.796. The third kappa shape index (κ3) is 4.76. The molecule has 0 radical (unpaired) electrons. The van der Waals surface area contributed by atoms with Crippen LogP contribution in [-0.2, 0) is 6.54 Å². The largest absolute Gasteiger partial charge is 0.398 e. The van der Waals surface area contributed by atoms with Crippen LogP contribution in [0.2, 0.25) is 0 Å². The number of nitrogen functional groups attached to an aromatic ring is 1. The molecule has 1 unspecified atom stereocenters. The highest BCUT2D eigenvalue weighted by Gasteiger charge is 2.05. The van der Waals surface area contributed by atoms with Gasteiger partial charge in [-0.2, -0.15) is 0 Å². The summed E-state index contributed by atoms with van der Waals surface area (Å²) in [5, 5.41) is 3.51. The predicted molar refractivity (Wildman–Crippen MR) is 80.3 cm³/mol. The third-order valence-electron chi connectivity index (χ3n) is 2.84. The van der Waals surface area contributed by atoms with Crippen molar-refractivity contribution in [2.75, 3.05) is 5.73 Å². The lowest BCUT2D eigenvalue weighted by molar-refractivity contribution is 0.563. The van der Waals surface area contributed by atoms with E-state index in [2.05, 4.69) is 35.7 Å². The average molecular weight is 244 g/mol. The summed E-state index contributed by atoms with van der Waals surface area (Å²) in [6, 6.07) is 8.46. The van der Waals surface area contributed by atoms with E-state index in [0.29, 0.717) is 6.04 Å². The minimum atomic E-state index is 0.453. The number of nitrogens with one attached hydrogen (secondary N) is 1. The predicted octanol–water partition coefficient (Wildman–Crippen LogP) is 3.66. The Hall–Kier alpha value is -1.54. The van der Waals surface area contributed by atoms with Gasteiger partial charge in [0.05, 0.1) is 0 Å². The SMILES string of the molecule is CC.Nc1ccccc1CNC1C=CC=CCC1. The first-order valence-electron chi connectivity index (χ1n) is 6.76. The van der Waals surface area contributed by atoms with Crippen molar-refractivity contribution in [3.63, 3.8) is 0 Å². The summed E-state index contributed by atoms with van der Waals surface area (Å²) >= 11 is 0. The molecule has 2 nitrogen and oxygen atoms in total. The molecule has 98 valence electrons. The van der Waals surface area contributed by atoms with Gasteiger partial charge in [-0.3, -0.25) is 0 Å². The summed E-state index contributed by atoms with van der Waals surface area (Å²) in [5.41, 5.74) is 7.94. The Bertz CT molecular complexity index is 394. The van der Waals surface area contributed by atoms with Crippen LogP contribution in [0.3, 0.4) is 0 Å². The van der Waals surface area contributed by atoms with Crippen LogP contribution in [0.25, 0.3) is 0 Å². The Kier molecular flexibility index (Phi) is 6.89. The smallest absolute Gasteiger partial charge is 0.0359 e. The Morgan fingerprint density at radius 2 is 2.00 bits per heavy atom. The summed E-state index contributed by atoms with van der Waals surface area (Å²) in [7, 11) is 0. The summed E-state index contributed by atoms with van der Waals surface area (Å²) in [6.07, 6.45) is 10.9. The van der Waals surface area contributed by atoms with E-state index in [0.717, 1.165) is 25.1 Å². The number of nitrogens with two attached hydrogens (primary N) is 1. The van der Waals surface area contributed by atoms with E-state index in [1.54, 1.807) is 0 Å². The van der Waals surface area contributed by atoms with Crippen molar-refractivity contribution in [2.45, 2.75) is 39.3 Å². The molecule has 1 aromatic carbocycles. The van der Waals surface area contributed by atoms with Gasteiger partial charge in [-0.1, -0.05) is 56.4 Å². The summed E-state index contributed by atoms with van der Waals surface area (Å²) < 4.78 is 0. The molecule has 0 aromatic heterocycles. The van der Waals surface area contributed by atoms with Crippen molar-refractivity contribution in [3.8, 4) is 0 Å². The van der Waals surface area contributed by atoms with Crippen LogP contribution in [0.5, 0.6) is 0 Å². The number of para-hydroxylation sites is 1. The van der Waals surface area contributed by atoms with Gasteiger partial charge in [0.1, 0.15) is 0 Å². The fraction of sp³-hybridized carbons (Fsp3) is 0.375. The lowest BCUT2D eigenvalue weighted by Gasteiger charge is -2.14. The van der Waals surface area contributed by atoms with Gasteiger partial charge in [-0.15, -0.1) is 0 Å². The Balaban J connectivity index is 0.000000771. The van der Waals surface area contributed by atoms with Crippen molar-refractivity contribution in [1.29, 1.82) is 0 Å². The zero-order valence-corrected chi connectivity index (χ0v) is 11.4. The molecule has 0 saturated carbocycles. The van der Waals surface area contributed by atoms with Crippen LogP contribution in [0.1, 0.15) is 32.3 Å². The first-order chi connectivity index (χ1) is 8.86. The molecule has 1 aromatic rings. The second kappa shape index (κ2) is 8.54. The maximum atomic E-state index is 5.90. The minimum absolute atomic E-state index is 0.453. The van der Waals surface area contributed by atoms with Gasteiger partial charge in [-0.25, -0.2) is 0 Å². The van der Waals surface area contributed by atoms with E-state index in [4.69, 9.17) is 5.73 Å². The first-order valence-corrected chi connectivity index (χ1v) is 6.76. The molecule has 2 rings (SSSR count). The van der Waals surface area contributed by atoms with Crippen LogP contribution in [0, 0.1) is 0 Å². The molecule has 0 amide bonds. The summed E-state index contributed by atoms with van der Waals surface area (Å²) in [4.78, 5) is 0. The fourth-order valence-electron chi connectivity index (χ4n) is 1.85. The molecule has 1 aliphatic carbocycles. The molecular formula is C16H24N2. The van der Waals surface area contributed by atoms with Gasteiger partial charge in [0.15, 0.2) is 0 Å². The molecule has 0 saturated heterocycles. The lowest BCUT2D eigenvalue weighted by Crippen LogP contribution is -2.26. The van der Waals surface area contributed by atoms with Gasteiger partial charge < -0.3 is 11.1 Å². The van der Waals surface area contributed by atoms with Crippen molar-refractivity contribution in [1.82, 2.24) is 5.32 Å². The third-order valence-corrected chi connectivity index (χ3v) is 2.84. The molecule has 18 heavy (non-hydrogen) atoms. The number of hydrogen-bond donors (Lipinski definition) is 2. The van der Waals surface area contributed by atoms with Crippen LogP contribution < -0.4 is 11.1 Å². The highest BCUT2D eigenvalue weighted by Crippen LogP contribution is 2.11. The van der Waals surface area contributed by atoms with Crippen molar-refractivity contribution in [3.05, 3.63) is 54.1 Å². The Morgan fingerprint density at radius 1 is 1.22 bits per heavy atom. The highest BCUT2D eigenvalue weighted by atomic mass is 14.9. The fourth-order valence-corrected chi connectivity index (χ4v) is 1.85. The Labute approximate surface area is 111 Å². The lowest BCUT2D eigenvalue weighted by atomic mass is 10.1. The highest BCUT2D eigenvalue weighted by molar-refractivity contribution is 5.46. The van der Waals surface area contributed by atoms with E-state index in [-0.39, 0.29) is 0 Å². The molecule has 0 fully saturated rings. The number of anilines is 1. The van der Waals surface area contributed by atoms with Crippen molar-refractivity contribution < 1.29 is 0 Å². The molecule has 1 aliphatic rings. The van der Waals surface area contributed by atoms with E-state index < -0.39 is 0 Å². The number of allylic oxidation sites excluding steroid dienone is 3. The van der Waals surface area contributed by atoms with E-state index in [9.17, 15) is 0 Å². The van der Waals surface area contributed by atoms with Gasteiger partial charge >= 0.3 is 0 Å². The maximum absolute atomic E-state index is 5.90. The molecular weight excluding hydrogens is 220 g/mol. The number of rotatable bonds is 3. The van der Waals surface area contributed by atoms with Crippen LogP contribution >= 0.6 is 0 Å². The zero-order valence-electron chi connectivity index (χ0n) is 11.4. The number of benzene rings is 1. The van der Waals surface area contributed by atoms with Crippen molar-refractivity contribution in [2.24, 2.45) is 0 Å². The van der Waals surface area contributed by atoms with Gasteiger partial charge in [0.25, 0.3) is 0 Å². The maximum Gasteiger partial charge on any atom is 0.0359 e. The standard InChI is InChI=1S/C14H18N2.C2H6/c15-14-10-6-5-7-12(14)11-16-13-8-3-1-2-4-9-13;1-2/h1-3,5-8,10,13,16H,4,9,11,15H2;1-2H3. The Morgan fingerprint density at radius 3 is 2.78 bits per heavy atom. The summed E-state index contributed by atoms with van der Waals surface area (Å²) in [5.74, 6) is 0. The van der Waals surface area contributed by atoms with Gasteiger partial charge in [-0.05, 0) is 24.5 Å². The molecule has 0 aliphatic heterocycles. The number of hydrogen-bond acceptors (Lipinski definition) is 2. The average Bonchev–Trinajstić information content (AvgIpc) is 2.69. The second-order valence-corrected chi connectivity index (χ2v) is 4.08. The molecule has 2 heteroatoms. The summed E-state index contributed by atoms with van der Waals surface area (Å²) in [6.45, 7) is 4.84. The molecule has 0 heterocycles. The van der Waals surface area contributed by atoms with Gasteiger partial charge in [0, 0.05) is 18.3 Å².